The third-order valence-corrected chi connectivity index (χ3v) is 5.30. The summed E-state index contributed by atoms with van der Waals surface area (Å²) in [7, 11) is 0. The van der Waals surface area contributed by atoms with Crippen molar-refractivity contribution in [1.29, 1.82) is 0 Å². The van der Waals surface area contributed by atoms with Crippen LogP contribution in [0, 0.1) is 0 Å². The van der Waals surface area contributed by atoms with Gasteiger partial charge in [-0.2, -0.15) is 0 Å². The summed E-state index contributed by atoms with van der Waals surface area (Å²) in [6.45, 7) is 5.58. The molecule has 7 heteroatoms. The van der Waals surface area contributed by atoms with Crippen LogP contribution < -0.4 is 10.6 Å². The standard InChI is InChI=1S/C17H25N5OS/c1-14(12-21-9-6-18-13-21)20-17(23)19-11-15(16-5-4-10-24-16)22-7-2-3-8-22/h4-6,9-10,13-15H,2-3,7-8,11-12H2,1H3,(H2,19,20,23)/t14-,15+/m1/s1. The van der Waals surface area contributed by atoms with Crippen LogP contribution in [-0.4, -0.2) is 46.2 Å². The molecule has 0 aliphatic carbocycles. The number of carbonyl (C=O) groups is 1. The highest BCUT2D eigenvalue weighted by Gasteiger charge is 2.24. The zero-order valence-corrected chi connectivity index (χ0v) is 14.8. The van der Waals surface area contributed by atoms with E-state index in [2.05, 4.69) is 38.0 Å². The molecule has 24 heavy (non-hydrogen) atoms. The second-order valence-electron chi connectivity index (χ2n) is 6.29. The SMILES string of the molecule is C[C@H](Cn1ccnc1)NC(=O)NC[C@@H](c1cccs1)N1CCCC1. The van der Waals surface area contributed by atoms with E-state index in [0.717, 1.165) is 13.1 Å². The van der Waals surface area contributed by atoms with Gasteiger partial charge in [-0.15, -0.1) is 11.3 Å². The van der Waals surface area contributed by atoms with E-state index in [9.17, 15) is 4.79 Å². The van der Waals surface area contributed by atoms with Crippen LogP contribution in [0.3, 0.4) is 0 Å². The average molecular weight is 347 g/mol. The molecule has 0 spiro atoms. The van der Waals surface area contributed by atoms with E-state index < -0.39 is 0 Å². The number of likely N-dealkylation sites (tertiary alicyclic amines) is 1. The molecule has 0 aromatic carbocycles. The Kier molecular flexibility index (Phi) is 5.87. The van der Waals surface area contributed by atoms with Crippen molar-refractivity contribution in [3.8, 4) is 0 Å². The molecule has 1 fully saturated rings. The van der Waals surface area contributed by atoms with Crippen molar-refractivity contribution in [2.24, 2.45) is 0 Å². The molecule has 1 aliphatic rings. The van der Waals surface area contributed by atoms with E-state index in [4.69, 9.17) is 0 Å². The van der Waals surface area contributed by atoms with Crippen LogP contribution >= 0.6 is 11.3 Å². The molecule has 1 saturated heterocycles. The van der Waals surface area contributed by atoms with Gasteiger partial charge in [0.25, 0.3) is 0 Å². The molecular weight excluding hydrogens is 322 g/mol. The highest BCUT2D eigenvalue weighted by Crippen LogP contribution is 2.27. The summed E-state index contributed by atoms with van der Waals surface area (Å²) in [5, 5.41) is 8.15. The van der Waals surface area contributed by atoms with Crippen LogP contribution in [-0.2, 0) is 6.54 Å². The lowest BCUT2D eigenvalue weighted by atomic mass is 10.2. The molecule has 2 amide bonds. The lowest BCUT2D eigenvalue weighted by molar-refractivity contribution is 0.219. The minimum Gasteiger partial charge on any atom is -0.336 e. The van der Waals surface area contributed by atoms with E-state index in [0.29, 0.717) is 13.1 Å². The molecule has 6 nitrogen and oxygen atoms in total. The molecule has 0 bridgehead atoms. The number of aromatic nitrogens is 2. The highest BCUT2D eigenvalue weighted by molar-refractivity contribution is 7.10. The van der Waals surface area contributed by atoms with Crippen molar-refractivity contribution in [3.63, 3.8) is 0 Å². The largest absolute Gasteiger partial charge is 0.336 e. The number of rotatable bonds is 7. The first-order valence-electron chi connectivity index (χ1n) is 8.50. The lowest BCUT2D eigenvalue weighted by Gasteiger charge is -2.27. The minimum atomic E-state index is -0.108. The molecule has 3 heterocycles. The monoisotopic (exact) mass is 347 g/mol. The number of thiophene rings is 1. The smallest absolute Gasteiger partial charge is 0.315 e. The molecule has 1 aliphatic heterocycles. The van der Waals surface area contributed by atoms with Crippen molar-refractivity contribution >= 4 is 17.4 Å². The highest BCUT2D eigenvalue weighted by atomic mass is 32.1. The Hall–Kier alpha value is -1.86. The number of carbonyl (C=O) groups excluding carboxylic acids is 1. The summed E-state index contributed by atoms with van der Waals surface area (Å²) in [5.74, 6) is 0. The second kappa shape index (κ2) is 8.30. The fraction of sp³-hybridized carbons (Fsp3) is 0.529. The quantitative estimate of drug-likeness (QED) is 0.809. The van der Waals surface area contributed by atoms with Gasteiger partial charge < -0.3 is 15.2 Å². The number of nitrogens with zero attached hydrogens (tertiary/aromatic N) is 3. The Balaban J connectivity index is 1.49. The molecular formula is C17H25N5OS. The molecule has 2 aromatic rings. The Morgan fingerprint density at radius 3 is 2.92 bits per heavy atom. The number of hydrogen-bond acceptors (Lipinski definition) is 4. The van der Waals surface area contributed by atoms with Gasteiger partial charge in [0.2, 0.25) is 0 Å². The average Bonchev–Trinajstić information content (AvgIpc) is 3.31. The maximum Gasteiger partial charge on any atom is 0.315 e. The minimum absolute atomic E-state index is 0.0474. The molecule has 3 rings (SSSR count). The summed E-state index contributed by atoms with van der Waals surface area (Å²) in [4.78, 5) is 20.0. The van der Waals surface area contributed by atoms with Crippen molar-refractivity contribution in [2.75, 3.05) is 19.6 Å². The van der Waals surface area contributed by atoms with E-state index in [-0.39, 0.29) is 18.1 Å². The molecule has 0 radical (unpaired) electrons. The summed E-state index contributed by atoms with van der Waals surface area (Å²) in [6.07, 6.45) is 7.90. The van der Waals surface area contributed by atoms with Crippen molar-refractivity contribution in [2.45, 2.75) is 38.4 Å². The Labute approximate surface area is 146 Å². The number of nitrogens with one attached hydrogen (secondary N) is 2. The van der Waals surface area contributed by atoms with E-state index in [1.807, 2.05) is 17.7 Å². The maximum atomic E-state index is 12.2. The summed E-state index contributed by atoms with van der Waals surface area (Å²) in [6, 6.07) is 4.46. The van der Waals surface area contributed by atoms with Gasteiger partial charge in [0.05, 0.1) is 12.4 Å². The van der Waals surface area contributed by atoms with Crippen LogP contribution in [0.4, 0.5) is 4.79 Å². The molecule has 2 atom stereocenters. The van der Waals surface area contributed by atoms with Gasteiger partial charge in [-0.1, -0.05) is 6.07 Å². The van der Waals surface area contributed by atoms with Crippen LogP contribution in [0.15, 0.2) is 36.2 Å². The predicted octanol–water partition coefficient (Wildman–Crippen LogP) is 2.47. The summed E-state index contributed by atoms with van der Waals surface area (Å²) >= 11 is 1.76. The van der Waals surface area contributed by atoms with Crippen molar-refractivity contribution in [1.82, 2.24) is 25.1 Å². The zero-order chi connectivity index (χ0) is 16.8. The number of urea groups is 1. The Morgan fingerprint density at radius 2 is 2.25 bits per heavy atom. The van der Waals surface area contributed by atoms with Crippen LogP contribution in [0.5, 0.6) is 0 Å². The lowest BCUT2D eigenvalue weighted by Crippen LogP contribution is -2.45. The van der Waals surface area contributed by atoms with Crippen LogP contribution in [0.25, 0.3) is 0 Å². The van der Waals surface area contributed by atoms with E-state index in [1.54, 1.807) is 23.9 Å². The molecule has 0 unspecified atom stereocenters. The first kappa shape index (κ1) is 17.0. The zero-order valence-electron chi connectivity index (χ0n) is 14.0. The first-order valence-corrected chi connectivity index (χ1v) is 9.38. The van der Waals surface area contributed by atoms with Gasteiger partial charge in [0, 0.05) is 36.4 Å². The van der Waals surface area contributed by atoms with Gasteiger partial charge in [0.1, 0.15) is 0 Å². The van der Waals surface area contributed by atoms with E-state index in [1.165, 1.54) is 17.7 Å². The molecule has 2 N–H and O–H groups in total. The Morgan fingerprint density at radius 1 is 1.42 bits per heavy atom. The third kappa shape index (κ3) is 4.58. The maximum absolute atomic E-state index is 12.2. The number of imidazole rings is 1. The molecule has 130 valence electrons. The van der Waals surface area contributed by atoms with Gasteiger partial charge in [-0.25, -0.2) is 9.78 Å². The van der Waals surface area contributed by atoms with Crippen molar-refractivity contribution in [3.05, 3.63) is 41.1 Å². The summed E-state index contributed by atoms with van der Waals surface area (Å²) < 4.78 is 1.96. The van der Waals surface area contributed by atoms with Gasteiger partial charge in [0.15, 0.2) is 0 Å². The Bertz CT molecular complexity index is 607. The fourth-order valence-corrected chi connectivity index (χ4v) is 4.03. The second-order valence-corrected chi connectivity index (χ2v) is 7.27. The number of amides is 2. The van der Waals surface area contributed by atoms with Gasteiger partial charge >= 0.3 is 6.03 Å². The summed E-state index contributed by atoms with van der Waals surface area (Å²) in [5.41, 5.74) is 0. The topological polar surface area (TPSA) is 62.2 Å². The molecule has 2 aromatic heterocycles. The van der Waals surface area contributed by atoms with Crippen LogP contribution in [0.1, 0.15) is 30.7 Å². The molecule has 0 saturated carbocycles. The van der Waals surface area contributed by atoms with Gasteiger partial charge in [-0.3, -0.25) is 4.90 Å². The predicted molar refractivity (Wildman–Crippen MR) is 96.1 cm³/mol. The van der Waals surface area contributed by atoms with Crippen molar-refractivity contribution < 1.29 is 4.79 Å². The first-order chi connectivity index (χ1) is 11.7. The van der Waals surface area contributed by atoms with Gasteiger partial charge in [-0.05, 0) is 44.3 Å². The van der Waals surface area contributed by atoms with E-state index >= 15 is 0 Å². The number of hydrogen-bond donors (Lipinski definition) is 2. The fourth-order valence-electron chi connectivity index (χ4n) is 3.16. The normalized spacial score (nSPS) is 17.5. The van der Waals surface area contributed by atoms with Crippen LogP contribution in [0.2, 0.25) is 0 Å². The third-order valence-electron chi connectivity index (χ3n) is 4.33.